The van der Waals surface area contributed by atoms with Crippen molar-refractivity contribution >= 4 is 11.6 Å². The van der Waals surface area contributed by atoms with Crippen LogP contribution >= 0.6 is 0 Å². The second-order valence-corrected chi connectivity index (χ2v) is 3.10. The molecule has 1 aromatic rings. The Balaban J connectivity index is 2.34. The zero-order valence-corrected chi connectivity index (χ0v) is 8.24. The van der Waals surface area contributed by atoms with Crippen molar-refractivity contribution < 1.29 is 14.3 Å². The van der Waals surface area contributed by atoms with E-state index in [0.29, 0.717) is 24.9 Å². The van der Waals surface area contributed by atoms with Crippen molar-refractivity contribution in [3.8, 4) is 0 Å². The lowest BCUT2D eigenvalue weighted by atomic mass is 10.2. The van der Waals surface area contributed by atoms with Crippen LogP contribution in [-0.2, 0) is 4.79 Å². The molecule has 0 spiro atoms. The number of hydrogen-bond acceptors (Lipinski definition) is 3. The Morgan fingerprint density at radius 3 is 2.87 bits per heavy atom. The van der Waals surface area contributed by atoms with E-state index in [0.717, 1.165) is 0 Å². The molecule has 0 aliphatic carbocycles. The molecule has 15 heavy (non-hydrogen) atoms. The number of unbranched alkanes of at least 4 members (excludes halogenated alkanes) is 1. The average Bonchev–Trinajstić information content (AvgIpc) is 2.22. The quantitative estimate of drug-likeness (QED) is 0.571. The third-order valence-corrected chi connectivity index (χ3v) is 1.82. The van der Waals surface area contributed by atoms with Crippen molar-refractivity contribution in [1.82, 2.24) is 4.98 Å². The van der Waals surface area contributed by atoms with Crippen molar-refractivity contribution in [2.45, 2.75) is 19.3 Å². The molecule has 0 fully saturated rings. The number of aliphatic hydroxyl groups excluding tert-OH is 1. The van der Waals surface area contributed by atoms with Crippen LogP contribution in [0.2, 0.25) is 0 Å². The molecular formula is C10H13FN2O2. The minimum atomic E-state index is -0.576. The summed E-state index contributed by atoms with van der Waals surface area (Å²) in [5.74, 6) is -0.731. The van der Waals surface area contributed by atoms with Crippen molar-refractivity contribution in [2.75, 3.05) is 11.9 Å². The topological polar surface area (TPSA) is 62.2 Å². The van der Waals surface area contributed by atoms with Gasteiger partial charge in [0.25, 0.3) is 0 Å². The molecule has 1 rings (SSSR count). The summed E-state index contributed by atoms with van der Waals surface area (Å²) in [6, 6.07) is 2.63. The molecule has 0 aliphatic heterocycles. The SMILES string of the molecule is O=C(CCCCO)Nc1ccc(F)nc1. The average molecular weight is 212 g/mol. The summed E-state index contributed by atoms with van der Waals surface area (Å²) in [6.45, 7) is 0.0887. The van der Waals surface area contributed by atoms with E-state index in [2.05, 4.69) is 10.3 Å². The third kappa shape index (κ3) is 4.51. The standard InChI is InChI=1S/C10H13FN2O2/c11-9-5-4-8(7-12-9)13-10(15)3-1-2-6-14/h4-5,7,14H,1-3,6H2,(H,13,15). The van der Waals surface area contributed by atoms with Crippen LogP contribution in [0.3, 0.4) is 0 Å². The molecule has 0 aliphatic rings. The normalized spacial score (nSPS) is 10.0. The number of anilines is 1. The maximum atomic E-state index is 12.4. The molecule has 0 atom stereocenters. The van der Waals surface area contributed by atoms with Crippen LogP contribution in [0.5, 0.6) is 0 Å². The summed E-state index contributed by atoms with van der Waals surface area (Å²) in [5.41, 5.74) is 0.477. The van der Waals surface area contributed by atoms with Gasteiger partial charge in [0.05, 0.1) is 11.9 Å². The number of amides is 1. The Morgan fingerprint density at radius 1 is 1.47 bits per heavy atom. The highest BCUT2D eigenvalue weighted by Crippen LogP contribution is 2.06. The molecule has 0 bridgehead atoms. The molecule has 82 valence electrons. The van der Waals surface area contributed by atoms with E-state index in [1.165, 1.54) is 18.3 Å². The molecule has 0 saturated heterocycles. The van der Waals surface area contributed by atoms with E-state index in [1.54, 1.807) is 0 Å². The van der Waals surface area contributed by atoms with Gasteiger partial charge < -0.3 is 10.4 Å². The minimum absolute atomic E-state index is 0.0887. The molecule has 1 heterocycles. The van der Waals surface area contributed by atoms with Gasteiger partial charge >= 0.3 is 0 Å². The molecule has 4 nitrogen and oxygen atoms in total. The number of halogens is 1. The fourth-order valence-electron chi connectivity index (χ4n) is 1.07. The lowest BCUT2D eigenvalue weighted by Gasteiger charge is -2.03. The van der Waals surface area contributed by atoms with Crippen molar-refractivity contribution in [1.29, 1.82) is 0 Å². The van der Waals surface area contributed by atoms with Gasteiger partial charge in [-0.15, -0.1) is 0 Å². The molecule has 0 saturated carbocycles. The van der Waals surface area contributed by atoms with E-state index in [-0.39, 0.29) is 12.5 Å². The van der Waals surface area contributed by atoms with Crippen LogP contribution in [0, 0.1) is 5.95 Å². The Labute approximate surface area is 87.1 Å². The Hall–Kier alpha value is -1.49. The molecular weight excluding hydrogens is 199 g/mol. The number of aromatic nitrogens is 1. The number of nitrogens with zero attached hydrogens (tertiary/aromatic N) is 1. The number of carbonyl (C=O) groups excluding carboxylic acids is 1. The first-order valence-corrected chi connectivity index (χ1v) is 4.74. The van der Waals surface area contributed by atoms with E-state index in [4.69, 9.17) is 5.11 Å². The summed E-state index contributed by atoms with van der Waals surface area (Å²) in [6.07, 6.45) is 2.85. The van der Waals surface area contributed by atoms with Gasteiger partial charge in [0, 0.05) is 13.0 Å². The summed E-state index contributed by atoms with van der Waals surface area (Å²) < 4.78 is 12.4. The van der Waals surface area contributed by atoms with Gasteiger partial charge in [-0.05, 0) is 25.0 Å². The molecule has 1 amide bonds. The number of nitrogens with one attached hydrogen (secondary N) is 1. The number of aliphatic hydroxyl groups is 1. The number of pyridine rings is 1. The monoisotopic (exact) mass is 212 g/mol. The second-order valence-electron chi connectivity index (χ2n) is 3.10. The lowest BCUT2D eigenvalue weighted by molar-refractivity contribution is -0.116. The Morgan fingerprint density at radius 2 is 2.27 bits per heavy atom. The summed E-state index contributed by atoms with van der Waals surface area (Å²) in [5, 5.41) is 11.1. The zero-order valence-electron chi connectivity index (χ0n) is 8.24. The molecule has 0 aromatic carbocycles. The highest BCUT2D eigenvalue weighted by atomic mass is 19.1. The highest BCUT2D eigenvalue weighted by molar-refractivity contribution is 5.90. The zero-order chi connectivity index (χ0) is 11.1. The van der Waals surface area contributed by atoms with E-state index < -0.39 is 5.95 Å². The largest absolute Gasteiger partial charge is 0.396 e. The van der Waals surface area contributed by atoms with Crippen LogP contribution in [0.4, 0.5) is 10.1 Å². The Kier molecular flexibility index (Phi) is 4.70. The lowest BCUT2D eigenvalue weighted by Crippen LogP contribution is -2.11. The molecule has 2 N–H and O–H groups in total. The summed E-state index contributed by atoms with van der Waals surface area (Å²) in [7, 11) is 0. The first-order valence-electron chi connectivity index (χ1n) is 4.74. The predicted molar refractivity (Wildman–Crippen MR) is 53.8 cm³/mol. The maximum absolute atomic E-state index is 12.4. The molecule has 1 aromatic heterocycles. The van der Waals surface area contributed by atoms with Gasteiger partial charge in [-0.3, -0.25) is 4.79 Å². The summed E-state index contributed by atoms with van der Waals surface area (Å²) in [4.78, 5) is 14.7. The fourth-order valence-corrected chi connectivity index (χ4v) is 1.07. The number of hydrogen-bond donors (Lipinski definition) is 2. The van der Waals surface area contributed by atoms with Gasteiger partial charge in [-0.1, -0.05) is 0 Å². The molecule has 0 unspecified atom stereocenters. The van der Waals surface area contributed by atoms with Crippen LogP contribution in [0.15, 0.2) is 18.3 Å². The van der Waals surface area contributed by atoms with Gasteiger partial charge in [0.15, 0.2) is 0 Å². The highest BCUT2D eigenvalue weighted by Gasteiger charge is 2.02. The van der Waals surface area contributed by atoms with Gasteiger partial charge in [-0.2, -0.15) is 4.39 Å². The second kappa shape index (κ2) is 6.08. The van der Waals surface area contributed by atoms with Gasteiger partial charge in [0.1, 0.15) is 0 Å². The van der Waals surface area contributed by atoms with Crippen LogP contribution in [-0.4, -0.2) is 22.6 Å². The molecule has 5 heteroatoms. The van der Waals surface area contributed by atoms with E-state index >= 15 is 0 Å². The first kappa shape index (κ1) is 11.6. The van der Waals surface area contributed by atoms with E-state index in [1.807, 2.05) is 0 Å². The van der Waals surface area contributed by atoms with E-state index in [9.17, 15) is 9.18 Å². The van der Waals surface area contributed by atoms with Crippen LogP contribution < -0.4 is 5.32 Å². The number of carbonyl (C=O) groups is 1. The Bertz CT molecular complexity index is 314. The number of rotatable bonds is 5. The minimum Gasteiger partial charge on any atom is -0.396 e. The molecule has 0 radical (unpaired) electrons. The van der Waals surface area contributed by atoms with Gasteiger partial charge in [0.2, 0.25) is 11.9 Å². The van der Waals surface area contributed by atoms with Crippen molar-refractivity contribution in [2.24, 2.45) is 0 Å². The maximum Gasteiger partial charge on any atom is 0.224 e. The first-order chi connectivity index (χ1) is 7.22. The summed E-state index contributed by atoms with van der Waals surface area (Å²) >= 11 is 0. The third-order valence-electron chi connectivity index (χ3n) is 1.82. The van der Waals surface area contributed by atoms with Crippen molar-refractivity contribution in [3.63, 3.8) is 0 Å². The smallest absolute Gasteiger partial charge is 0.224 e. The van der Waals surface area contributed by atoms with Gasteiger partial charge in [-0.25, -0.2) is 4.98 Å². The fraction of sp³-hybridized carbons (Fsp3) is 0.400. The van der Waals surface area contributed by atoms with Crippen LogP contribution in [0.1, 0.15) is 19.3 Å². The van der Waals surface area contributed by atoms with Crippen molar-refractivity contribution in [3.05, 3.63) is 24.3 Å². The van der Waals surface area contributed by atoms with Crippen LogP contribution in [0.25, 0.3) is 0 Å². The predicted octanol–water partition coefficient (Wildman–Crippen LogP) is 1.32.